The van der Waals surface area contributed by atoms with E-state index in [0.29, 0.717) is 11.5 Å². The molecule has 0 aliphatic carbocycles. The van der Waals surface area contributed by atoms with Crippen molar-refractivity contribution in [3.05, 3.63) is 23.8 Å². The van der Waals surface area contributed by atoms with E-state index in [9.17, 15) is 0 Å². The lowest BCUT2D eigenvalue weighted by Crippen LogP contribution is -1.97. The van der Waals surface area contributed by atoms with Gasteiger partial charge in [0.05, 0.1) is 13.3 Å². The fourth-order valence-corrected chi connectivity index (χ4v) is 1.08. The summed E-state index contributed by atoms with van der Waals surface area (Å²) >= 11 is 0. The number of hydrogen-bond acceptors (Lipinski definition) is 5. The molecule has 0 spiro atoms. The van der Waals surface area contributed by atoms with Crippen LogP contribution in [0, 0.1) is 11.3 Å². The van der Waals surface area contributed by atoms with E-state index in [1.54, 1.807) is 18.2 Å². The van der Waals surface area contributed by atoms with Gasteiger partial charge in [-0.05, 0) is 23.8 Å². The van der Waals surface area contributed by atoms with Crippen molar-refractivity contribution in [2.24, 2.45) is 10.9 Å². The first-order chi connectivity index (χ1) is 7.31. The minimum atomic E-state index is -0.0132. The molecule has 78 valence electrons. The summed E-state index contributed by atoms with van der Waals surface area (Å²) in [6, 6.07) is 7.08. The second-order valence-electron chi connectivity index (χ2n) is 2.64. The molecule has 0 aliphatic heterocycles. The van der Waals surface area contributed by atoms with Crippen molar-refractivity contribution in [2.75, 3.05) is 13.7 Å². The summed E-state index contributed by atoms with van der Waals surface area (Å²) in [5, 5.41) is 11.8. The number of nitrogens with zero attached hydrogens (tertiary/aromatic N) is 2. The standard InChI is InChI=1S/C10H11N3O2/c1-14-10-6-8(7-13-12)2-3-9(10)15-5-4-11/h2-3,6-7H,5,12H2,1H3. The Balaban J connectivity index is 2.94. The summed E-state index contributed by atoms with van der Waals surface area (Å²) in [6.07, 6.45) is 1.50. The molecule has 5 heteroatoms. The molecule has 0 fully saturated rings. The van der Waals surface area contributed by atoms with E-state index in [4.69, 9.17) is 20.6 Å². The highest BCUT2D eigenvalue weighted by molar-refractivity contribution is 5.80. The van der Waals surface area contributed by atoms with E-state index in [2.05, 4.69) is 5.10 Å². The summed E-state index contributed by atoms with van der Waals surface area (Å²) in [4.78, 5) is 0. The molecule has 5 nitrogen and oxygen atoms in total. The maximum Gasteiger partial charge on any atom is 0.174 e. The van der Waals surface area contributed by atoms with Crippen LogP contribution in [0.25, 0.3) is 0 Å². The van der Waals surface area contributed by atoms with Gasteiger partial charge < -0.3 is 15.3 Å². The van der Waals surface area contributed by atoms with Gasteiger partial charge in [-0.25, -0.2) is 0 Å². The van der Waals surface area contributed by atoms with Crippen LogP contribution in [0.1, 0.15) is 5.56 Å². The van der Waals surface area contributed by atoms with Crippen molar-refractivity contribution in [1.82, 2.24) is 0 Å². The summed E-state index contributed by atoms with van der Waals surface area (Å²) < 4.78 is 10.2. The first-order valence-corrected chi connectivity index (χ1v) is 4.23. The molecule has 0 bridgehead atoms. The quantitative estimate of drug-likeness (QED) is 0.449. The van der Waals surface area contributed by atoms with Crippen LogP contribution in [-0.2, 0) is 0 Å². The summed E-state index contributed by atoms with van der Waals surface area (Å²) in [5.74, 6) is 6.09. The van der Waals surface area contributed by atoms with Crippen molar-refractivity contribution in [3.63, 3.8) is 0 Å². The third-order valence-corrected chi connectivity index (χ3v) is 1.70. The number of nitriles is 1. The van der Waals surface area contributed by atoms with Gasteiger partial charge in [-0.1, -0.05) is 0 Å². The summed E-state index contributed by atoms with van der Waals surface area (Å²) in [5.41, 5.74) is 0.804. The Hall–Kier alpha value is -2.22. The molecule has 0 aliphatic rings. The van der Waals surface area contributed by atoms with Gasteiger partial charge in [-0.15, -0.1) is 0 Å². The van der Waals surface area contributed by atoms with Crippen LogP contribution in [0.5, 0.6) is 11.5 Å². The van der Waals surface area contributed by atoms with Crippen LogP contribution in [-0.4, -0.2) is 19.9 Å². The van der Waals surface area contributed by atoms with Crippen molar-refractivity contribution < 1.29 is 9.47 Å². The minimum absolute atomic E-state index is 0.0132. The fraction of sp³-hybridized carbons (Fsp3) is 0.200. The van der Waals surface area contributed by atoms with Crippen LogP contribution in [0.4, 0.5) is 0 Å². The molecular weight excluding hydrogens is 194 g/mol. The number of rotatable bonds is 4. The summed E-state index contributed by atoms with van der Waals surface area (Å²) in [7, 11) is 1.53. The van der Waals surface area contributed by atoms with Gasteiger partial charge in [-0.2, -0.15) is 10.4 Å². The third kappa shape index (κ3) is 2.88. The van der Waals surface area contributed by atoms with E-state index in [1.165, 1.54) is 13.3 Å². The van der Waals surface area contributed by atoms with Gasteiger partial charge in [0.25, 0.3) is 0 Å². The lowest BCUT2D eigenvalue weighted by molar-refractivity contribution is 0.329. The molecule has 0 atom stereocenters. The Morgan fingerprint density at radius 1 is 1.53 bits per heavy atom. The first kappa shape index (κ1) is 10.9. The minimum Gasteiger partial charge on any atom is -0.493 e. The molecule has 0 unspecified atom stereocenters. The van der Waals surface area contributed by atoms with Crippen LogP contribution in [0.2, 0.25) is 0 Å². The highest BCUT2D eigenvalue weighted by atomic mass is 16.5. The van der Waals surface area contributed by atoms with Crippen LogP contribution >= 0.6 is 0 Å². The van der Waals surface area contributed by atoms with Gasteiger partial charge in [0.2, 0.25) is 0 Å². The van der Waals surface area contributed by atoms with Gasteiger partial charge in [-0.3, -0.25) is 0 Å². The van der Waals surface area contributed by atoms with Crippen molar-refractivity contribution >= 4 is 6.21 Å². The van der Waals surface area contributed by atoms with Crippen LogP contribution in [0.3, 0.4) is 0 Å². The van der Waals surface area contributed by atoms with E-state index in [-0.39, 0.29) is 6.61 Å². The smallest absolute Gasteiger partial charge is 0.174 e. The molecule has 1 rings (SSSR count). The van der Waals surface area contributed by atoms with Crippen molar-refractivity contribution in [3.8, 4) is 17.6 Å². The Kier molecular flexibility index (Phi) is 3.98. The first-order valence-electron chi connectivity index (χ1n) is 4.23. The predicted molar refractivity (Wildman–Crippen MR) is 55.9 cm³/mol. The van der Waals surface area contributed by atoms with Crippen molar-refractivity contribution in [2.45, 2.75) is 0 Å². The maximum atomic E-state index is 8.38. The zero-order valence-corrected chi connectivity index (χ0v) is 8.30. The molecule has 0 saturated carbocycles. The topological polar surface area (TPSA) is 80.6 Å². The number of methoxy groups -OCH3 is 1. The summed E-state index contributed by atoms with van der Waals surface area (Å²) in [6.45, 7) is -0.0132. The largest absolute Gasteiger partial charge is 0.493 e. The number of hydrogen-bond donors (Lipinski definition) is 1. The fourth-order valence-electron chi connectivity index (χ4n) is 1.08. The van der Waals surface area contributed by atoms with Gasteiger partial charge in [0.1, 0.15) is 6.07 Å². The average Bonchev–Trinajstić information content (AvgIpc) is 2.27. The molecule has 15 heavy (non-hydrogen) atoms. The normalized spacial score (nSPS) is 9.87. The molecule has 1 aromatic carbocycles. The van der Waals surface area contributed by atoms with Gasteiger partial charge in [0.15, 0.2) is 18.1 Å². The highest BCUT2D eigenvalue weighted by Crippen LogP contribution is 2.27. The van der Waals surface area contributed by atoms with Gasteiger partial charge in [0, 0.05) is 0 Å². The monoisotopic (exact) mass is 205 g/mol. The lowest BCUT2D eigenvalue weighted by atomic mass is 10.2. The molecule has 0 amide bonds. The lowest BCUT2D eigenvalue weighted by Gasteiger charge is -2.08. The van der Waals surface area contributed by atoms with Crippen LogP contribution in [0.15, 0.2) is 23.3 Å². The Morgan fingerprint density at radius 3 is 2.93 bits per heavy atom. The molecule has 2 N–H and O–H groups in total. The number of benzene rings is 1. The molecule has 0 saturated heterocycles. The van der Waals surface area contributed by atoms with Crippen molar-refractivity contribution in [1.29, 1.82) is 5.26 Å². The molecule has 0 aromatic heterocycles. The van der Waals surface area contributed by atoms with Gasteiger partial charge >= 0.3 is 0 Å². The molecular formula is C10H11N3O2. The second kappa shape index (κ2) is 5.50. The molecule has 0 radical (unpaired) electrons. The Bertz CT molecular complexity index is 396. The van der Waals surface area contributed by atoms with Crippen LogP contribution < -0.4 is 15.3 Å². The maximum absolute atomic E-state index is 8.38. The van der Waals surface area contributed by atoms with E-state index in [0.717, 1.165) is 5.56 Å². The molecule has 1 aromatic rings. The predicted octanol–water partition coefficient (Wildman–Crippen LogP) is 0.890. The number of hydrazone groups is 1. The second-order valence-corrected chi connectivity index (χ2v) is 2.64. The highest BCUT2D eigenvalue weighted by Gasteiger charge is 2.04. The van der Waals surface area contributed by atoms with E-state index in [1.807, 2.05) is 6.07 Å². The van der Waals surface area contributed by atoms with E-state index >= 15 is 0 Å². The Morgan fingerprint density at radius 2 is 2.33 bits per heavy atom. The average molecular weight is 205 g/mol. The Labute approximate surface area is 87.7 Å². The van der Waals surface area contributed by atoms with E-state index < -0.39 is 0 Å². The molecule has 0 heterocycles. The zero-order chi connectivity index (χ0) is 11.1. The zero-order valence-electron chi connectivity index (χ0n) is 8.30. The number of ether oxygens (including phenoxy) is 2. The number of nitrogens with two attached hydrogens (primary N) is 1. The SMILES string of the molecule is COc1cc(C=NN)ccc1OCC#N. The third-order valence-electron chi connectivity index (χ3n) is 1.70.